The summed E-state index contributed by atoms with van der Waals surface area (Å²) in [6.45, 7) is 6.69. The molecule has 1 heterocycles. The molecular formula is C14H18N2. The monoisotopic (exact) mass is 214 g/mol. The Bertz CT molecular complexity index is 456. The average Bonchev–Trinajstić information content (AvgIpc) is 2.81. The molecule has 0 aliphatic rings. The van der Waals surface area contributed by atoms with Crippen molar-refractivity contribution >= 4 is 0 Å². The molecule has 0 fully saturated rings. The number of aromatic nitrogens is 2. The van der Waals surface area contributed by atoms with Gasteiger partial charge in [-0.2, -0.15) is 5.10 Å². The fourth-order valence-electron chi connectivity index (χ4n) is 2.06. The summed E-state index contributed by atoms with van der Waals surface area (Å²) in [6.07, 6.45) is 4.88. The maximum Gasteiger partial charge on any atom is 0.0565 e. The molecule has 0 spiro atoms. The van der Waals surface area contributed by atoms with Gasteiger partial charge in [-0.3, -0.25) is 5.10 Å². The zero-order valence-electron chi connectivity index (χ0n) is 10.1. The summed E-state index contributed by atoms with van der Waals surface area (Å²) >= 11 is 0. The lowest BCUT2D eigenvalue weighted by Gasteiger charge is -2.12. The standard InChI is InChI=1S/C14H18N2/c1-4-11-7-12(13-8-15-16-9-13)5-6-14(11)10(2)3/h5-10H,4H2,1-3H3,(H,15,16). The summed E-state index contributed by atoms with van der Waals surface area (Å²) in [6, 6.07) is 6.70. The molecule has 1 aromatic heterocycles. The molecule has 0 saturated heterocycles. The van der Waals surface area contributed by atoms with Gasteiger partial charge in [0.1, 0.15) is 0 Å². The summed E-state index contributed by atoms with van der Waals surface area (Å²) in [7, 11) is 0. The molecule has 0 bridgehead atoms. The van der Waals surface area contributed by atoms with Gasteiger partial charge in [0.15, 0.2) is 0 Å². The Morgan fingerprint density at radius 2 is 2.06 bits per heavy atom. The molecule has 0 unspecified atom stereocenters. The predicted octanol–water partition coefficient (Wildman–Crippen LogP) is 3.76. The lowest BCUT2D eigenvalue weighted by Crippen LogP contribution is -1.95. The topological polar surface area (TPSA) is 28.7 Å². The summed E-state index contributed by atoms with van der Waals surface area (Å²) in [5.74, 6) is 0.591. The number of rotatable bonds is 3. The minimum Gasteiger partial charge on any atom is -0.285 e. The third kappa shape index (κ3) is 2.01. The van der Waals surface area contributed by atoms with Crippen LogP contribution in [0.1, 0.15) is 37.8 Å². The van der Waals surface area contributed by atoms with Crippen molar-refractivity contribution in [1.29, 1.82) is 0 Å². The van der Waals surface area contributed by atoms with E-state index in [1.165, 1.54) is 16.7 Å². The number of nitrogens with one attached hydrogen (secondary N) is 1. The first-order chi connectivity index (χ1) is 7.72. The molecule has 0 amide bonds. The highest BCUT2D eigenvalue weighted by molar-refractivity contribution is 5.63. The van der Waals surface area contributed by atoms with E-state index in [-0.39, 0.29) is 0 Å². The van der Waals surface area contributed by atoms with Crippen LogP contribution >= 0.6 is 0 Å². The Balaban J connectivity index is 2.45. The lowest BCUT2D eigenvalue weighted by molar-refractivity contribution is 0.845. The van der Waals surface area contributed by atoms with Crippen molar-refractivity contribution < 1.29 is 0 Å². The van der Waals surface area contributed by atoms with Crippen molar-refractivity contribution in [2.75, 3.05) is 0 Å². The van der Waals surface area contributed by atoms with Crippen molar-refractivity contribution in [2.45, 2.75) is 33.1 Å². The smallest absolute Gasteiger partial charge is 0.0565 e. The van der Waals surface area contributed by atoms with Crippen LogP contribution in [0.15, 0.2) is 30.6 Å². The molecule has 2 aromatic rings. The van der Waals surface area contributed by atoms with Crippen molar-refractivity contribution in [2.24, 2.45) is 0 Å². The van der Waals surface area contributed by atoms with Gasteiger partial charge in [0, 0.05) is 11.8 Å². The van der Waals surface area contributed by atoms with Gasteiger partial charge in [0.2, 0.25) is 0 Å². The van der Waals surface area contributed by atoms with Crippen molar-refractivity contribution in [1.82, 2.24) is 10.2 Å². The van der Waals surface area contributed by atoms with Crippen LogP contribution in [-0.4, -0.2) is 10.2 Å². The van der Waals surface area contributed by atoms with Crippen LogP contribution in [0, 0.1) is 0 Å². The normalized spacial score (nSPS) is 11.0. The third-order valence-electron chi connectivity index (χ3n) is 2.98. The third-order valence-corrected chi connectivity index (χ3v) is 2.98. The summed E-state index contributed by atoms with van der Waals surface area (Å²) < 4.78 is 0. The largest absolute Gasteiger partial charge is 0.285 e. The quantitative estimate of drug-likeness (QED) is 0.828. The fourth-order valence-corrected chi connectivity index (χ4v) is 2.06. The minimum absolute atomic E-state index is 0.591. The first kappa shape index (κ1) is 10.9. The second kappa shape index (κ2) is 4.52. The Labute approximate surface area is 96.7 Å². The van der Waals surface area contributed by atoms with Crippen LogP contribution in [-0.2, 0) is 6.42 Å². The van der Waals surface area contributed by atoms with E-state index >= 15 is 0 Å². The van der Waals surface area contributed by atoms with Crippen LogP contribution in [0.5, 0.6) is 0 Å². The van der Waals surface area contributed by atoms with Gasteiger partial charge < -0.3 is 0 Å². The van der Waals surface area contributed by atoms with Gasteiger partial charge >= 0.3 is 0 Å². The van der Waals surface area contributed by atoms with Gasteiger partial charge in [-0.1, -0.05) is 39.0 Å². The van der Waals surface area contributed by atoms with E-state index in [9.17, 15) is 0 Å². The first-order valence-electron chi connectivity index (χ1n) is 5.84. The van der Waals surface area contributed by atoms with Crippen LogP contribution in [0.25, 0.3) is 11.1 Å². The van der Waals surface area contributed by atoms with Crippen LogP contribution in [0.4, 0.5) is 0 Å². The zero-order valence-corrected chi connectivity index (χ0v) is 10.1. The first-order valence-corrected chi connectivity index (χ1v) is 5.84. The fraction of sp³-hybridized carbons (Fsp3) is 0.357. The highest BCUT2D eigenvalue weighted by Crippen LogP contribution is 2.26. The van der Waals surface area contributed by atoms with Gasteiger partial charge in [-0.15, -0.1) is 0 Å². The average molecular weight is 214 g/mol. The Hall–Kier alpha value is -1.57. The summed E-state index contributed by atoms with van der Waals surface area (Å²) in [5, 5.41) is 6.84. The molecule has 2 rings (SSSR count). The molecule has 2 heteroatoms. The molecular weight excluding hydrogens is 196 g/mol. The van der Waals surface area contributed by atoms with Crippen molar-refractivity contribution in [3.63, 3.8) is 0 Å². The predicted molar refractivity (Wildman–Crippen MR) is 67.5 cm³/mol. The Morgan fingerprint density at radius 3 is 2.62 bits per heavy atom. The van der Waals surface area contributed by atoms with E-state index in [0.29, 0.717) is 5.92 Å². The van der Waals surface area contributed by atoms with E-state index in [1.54, 1.807) is 0 Å². The number of benzene rings is 1. The van der Waals surface area contributed by atoms with Gasteiger partial charge in [-0.25, -0.2) is 0 Å². The SMILES string of the molecule is CCc1cc(-c2cn[nH]c2)ccc1C(C)C. The van der Waals surface area contributed by atoms with Crippen LogP contribution < -0.4 is 0 Å². The van der Waals surface area contributed by atoms with Crippen molar-refractivity contribution in [3.05, 3.63) is 41.7 Å². The molecule has 16 heavy (non-hydrogen) atoms. The maximum absolute atomic E-state index is 3.99. The second-order valence-corrected chi connectivity index (χ2v) is 4.41. The molecule has 1 aromatic carbocycles. The van der Waals surface area contributed by atoms with E-state index in [2.05, 4.69) is 49.2 Å². The number of aromatic amines is 1. The van der Waals surface area contributed by atoms with Gasteiger partial charge in [0.25, 0.3) is 0 Å². The second-order valence-electron chi connectivity index (χ2n) is 4.41. The number of H-pyrrole nitrogens is 1. The number of hydrogen-bond donors (Lipinski definition) is 1. The molecule has 0 radical (unpaired) electrons. The minimum atomic E-state index is 0.591. The highest BCUT2D eigenvalue weighted by atomic mass is 15.1. The summed E-state index contributed by atoms with van der Waals surface area (Å²) in [5.41, 5.74) is 5.29. The number of hydrogen-bond acceptors (Lipinski definition) is 1. The molecule has 0 aliphatic carbocycles. The van der Waals surface area contributed by atoms with Crippen LogP contribution in [0.2, 0.25) is 0 Å². The maximum atomic E-state index is 3.99. The Morgan fingerprint density at radius 1 is 1.25 bits per heavy atom. The van der Waals surface area contributed by atoms with Gasteiger partial charge in [-0.05, 0) is 29.0 Å². The molecule has 2 nitrogen and oxygen atoms in total. The molecule has 84 valence electrons. The van der Waals surface area contributed by atoms with E-state index in [1.807, 2.05) is 12.4 Å². The number of nitrogens with zero attached hydrogens (tertiary/aromatic N) is 1. The lowest BCUT2D eigenvalue weighted by atomic mass is 9.93. The molecule has 0 saturated carbocycles. The number of aryl methyl sites for hydroxylation is 1. The summed E-state index contributed by atoms with van der Waals surface area (Å²) in [4.78, 5) is 0. The molecule has 0 aliphatic heterocycles. The highest BCUT2D eigenvalue weighted by Gasteiger charge is 2.07. The van der Waals surface area contributed by atoms with E-state index in [0.717, 1.165) is 12.0 Å². The zero-order chi connectivity index (χ0) is 11.5. The molecule has 1 N–H and O–H groups in total. The van der Waals surface area contributed by atoms with Gasteiger partial charge in [0.05, 0.1) is 6.20 Å². The molecule has 0 atom stereocenters. The van der Waals surface area contributed by atoms with E-state index < -0.39 is 0 Å². The van der Waals surface area contributed by atoms with Crippen molar-refractivity contribution in [3.8, 4) is 11.1 Å². The Kier molecular flexibility index (Phi) is 3.09. The van der Waals surface area contributed by atoms with E-state index in [4.69, 9.17) is 0 Å². The van der Waals surface area contributed by atoms with Crippen LogP contribution in [0.3, 0.4) is 0 Å².